The minimum absolute atomic E-state index is 0.00169. The fourth-order valence-corrected chi connectivity index (χ4v) is 3.57. The van der Waals surface area contributed by atoms with Crippen LogP contribution in [0.4, 0.5) is 4.39 Å². The van der Waals surface area contributed by atoms with Gasteiger partial charge in [0.2, 0.25) is 0 Å². The second kappa shape index (κ2) is 9.40. The van der Waals surface area contributed by atoms with Crippen molar-refractivity contribution in [1.82, 2.24) is 4.98 Å². The molecule has 2 heterocycles. The summed E-state index contributed by atoms with van der Waals surface area (Å²) in [6.45, 7) is 8.41. The molecule has 30 heavy (non-hydrogen) atoms. The lowest BCUT2D eigenvalue weighted by atomic mass is 9.92. The molecular formula is C25H28FNO3. The topological polar surface area (TPSA) is 59.4 Å². The van der Waals surface area contributed by atoms with Gasteiger partial charge in [0.25, 0.3) is 0 Å². The summed E-state index contributed by atoms with van der Waals surface area (Å²) in [4.78, 5) is 16.5. The van der Waals surface area contributed by atoms with E-state index in [-0.39, 0.29) is 18.2 Å². The molecule has 2 atom stereocenters. The van der Waals surface area contributed by atoms with Crippen LogP contribution in [0.1, 0.15) is 63.4 Å². The van der Waals surface area contributed by atoms with Crippen LogP contribution in [0, 0.1) is 23.6 Å². The number of rotatable bonds is 4. The van der Waals surface area contributed by atoms with Crippen LogP contribution in [-0.4, -0.2) is 28.3 Å². The molecule has 1 N–H and O–H groups in total. The zero-order valence-corrected chi connectivity index (χ0v) is 17.9. The molecule has 4 nitrogen and oxygen atoms in total. The standard InChI is InChI=1S/C25H28FNO3/c1-15(2)11-19-12-23(17-5-7-18(26)8-6-17)22(25(27-19)16(3)4)10-9-21-13-20(28)14-24(29)30-21/h5-8,12,15-16,20-21,28H,11,13-14H2,1-4H3/t20-,21-/m1/s1. The van der Waals surface area contributed by atoms with E-state index in [4.69, 9.17) is 9.72 Å². The van der Waals surface area contributed by atoms with E-state index in [2.05, 4.69) is 39.5 Å². The fraction of sp³-hybridized carbons (Fsp3) is 0.440. The van der Waals surface area contributed by atoms with Crippen LogP contribution in [0.25, 0.3) is 11.1 Å². The van der Waals surface area contributed by atoms with E-state index in [0.29, 0.717) is 12.3 Å². The highest BCUT2D eigenvalue weighted by molar-refractivity contribution is 5.74. The van der Waals surface area contributed by atoms with Gasteiger partial charge in [-0.15, -0.1) is 0 Å². The Morgan fingerprint density at radius 1 is 1.23 bits per heavy atom. The van der Waals surface area contributed by atoms with Gasteiger partial charge in [0.05, 0.1) is 23.8 Å². The number of aromatic nitrogens is 1. The summed E-state index contributed by atoms with van der Waals surface area (Å²) in [6.07, 6.45) is -0.271. The molecule has 0 spiro atoms. The lowest BCUT2D eigenvalue weighted by Crippen LogP contribution is -2.31. The zero-order valence-electron chi connectivity index (χ0n) is 17.9. The highest BCUT2D eigenvalue weighted by Crippen LogP contribution is 2.30. The molecule has 1 aromatic heterocycles. The van der Waals surface area contributed by atoms with Gasteiger partial charge in [0.1, 0.15) is 5.82 Å². The number of hydrogen-bond acceptors (Lipinski definition) is 4. The molecule has 158 valence electrons. The first-order valence-corrected chi connectivity index (χ1v) is 10.4. The minimum Gasteiger partial charge on any atom is -0.449 e. The number of halogens is 1. The number of aliphatic hydroxyl groups is 1. The maximum atomic E-state index is 13.5. The van der Waals surface area contributed by atoms with Gasteiger partial charge in [0, 0.05) is 17.7 Å². The molecule has 1 aliphatic heterocycles. The molecule has 3 rings (SSSR count). The molecule has 0 bridgehead atoms. The van der Waals surface area contributed by atoms with Gasteiger partial charge in [0.15, 0.2) is 6.10 Å². The average molecular weight is 410 g/mol. The lowest BCUT2D eigenvalue weighted by molar-refractivity contribution is -0.155. The van der Waals surface area contributed by atoms with Crippen LogP contribution in [0.5, 0.6) is 0 Å². The van der Waals surface area contributed by atoms with E-state index in [1.807, 2.05) is 6.07 Å². The van der Waals surface area contributed by atoms with Gasteiger partial charge in [-0.1, -0.05) is 51.7 Å². The third-order valence-corrected chi connectivity index (χ3v) is 4.94. The highest BCUT2D eigenvalue weighted by Gasteiger charge is 2.26. The van der Waals surface area contributed by atoms with Gasteiger partial charge < -0.3 is 9.84 Å². The Kier molecular flexibility index (Phi) is 6.89. The molecule has 0 amide bonds. The molecule has 1 aliphatic rings. The maximum Gasteiger partial charge on any atom is 0.309 e. The zero-order chi connectivity index (χ0) is 21.8. The van der Waals surface area contributed by atoms with Crippen LogP contribution in [0.15, 0.2) is 30.3 Å². The van der Waals surface area contributed by atoms with Crippen LogP contribution < -0.4 is 0 Å². The normalized spacial score (nSPS) is 18.9. The van der Waals surface area contributed by atoms with Crippen LogP contribution in [-0.2, 0) is 16.0 Å². The SMILES string of the molecule is CC(C)Cc1cc(-c2ccc(F)cc2)c(C#C[C@@H]2C[C@@H](O)CC(=O)O2)c(C(C)C)n1. The summed E-state index contributed by atoms with van der Waals surface area (Å²) in [5.41, 5.74) is 4.33. The molecule has 0 radical (unpaired) electrons. The Labute approximate surface area is 177 Å². The van der Waals surface area contributed by atoms with Crippen molar-refractivity contribution < 1.29 is 19.0 Å². The van der Waals surface area contributed by atoms with Crippen molar-refractivity contribution >= 4 is 5.97 Å². The van der Waals surface area contributed by atoms with Crippen molar-refractivity contribution in [2.75, 3.05) is 0 Å². The van der Waals surface area contributed by atoms with E-state index < -0.39 is 18.2 Å². The molecule has 1 aromatic carbocycles. The number of benzene rings is 1. The average Bonchev–Trinajstić information content (AvgIpc) is 2.65. The van der Waals surface area contributed by atoms with Gasteiger partial charge >= 0.3 is 5.97 Å². The Hall–Kier alpha value is -2.71. The van der Waals surface area contributed by atoms with Gasteiger partial charge in [-0.3, -0.25) is 9.78 Å². The smallest absolute Gasteiger partial charge is 0.309 e. The summed E-state index contributed by atoms with van der Waals surface area (Å²) in [5.74, 6) is 6.01. The van der Waals surface area contributed by atoms with Crippen molar-refractivity contribution in [2.45, 2.75) is 65.1 Å². The van der Waals surface area contributed by atoms with Crippen LogP contribution >= 0.6 is 0 Å². The van der Waals surface area contributed by atoms with E-state index in [1.165, 1.54) is 12.1 Å². The first-order chi connectivity index (χ1) is 14.2. The van der Waals surface area contributed by atoms with E-state index in [1.54, 1.807) is 12.1 Å². The number of nitrogens with zero attached hydrogens (tertiary/aromatic N) is 1. The molecule has 0 aliphatic carbocycles. The molecular weight excluding hydrogens is 381 g/mol. The summed E-state index contributed by atoms with van der Waals surface area (Å²) >= 11 is 0. The summed E-state index contributed by atoms with van der Waals surface area (Å²) < 4.78 is 18.8. The first kappa shape index (κ1) is 22.0. The second-order valence-electron chi connectivity index (χ2n) is 8.52. The van der Waals surface area contributed by atoms with Crippen molar-refractivity contribution in [3.8, 4) is 23.0 Å². The lowest BCUT2D eigenvalue weighted by Gasteiger charge is -2.22. The second-order valence-corrected chi connectivity index (χ2v) is 8.52. The van der Waals surface area contributed by atoms with E-state index in [9.17, 15) is 14.3 Å². The monoisotopic (exact) mass is 409 g/mol. The van der Waals surface area contributed by atoms with Gasteiger partial charge in [-0.25, -0.2) is 4.39 Å². The quantitative estimate of drug-likeness (QED) is 0.591. The first-order valence-electron chi connectivity index (χ1n) is 10.4. The third kappa shape index (κ3) is 5.46. The number of carbonyl (C=O) groups is 1. The van der Waals surface area contributed by atoms with Crippen molar-refractivity contribution in [1.29, 1.82) is 0 Å². The van der Waals surface area contributed by atoms with Crippen molar-refractivity contribution in [3.63, 3.8) is 0 Å². The Bertz CT molecular complexity index is 970. The van der Waals surface area contributed by atoms with E-state index >= 15 is 0 Å². The number of esters is 1. The van der Waals surface area contributed by atoms with Crippen molar-refractivity contribution in [2.24, 2.45) is 5.92 Å². The number of pyridine rings is 1. The number of carbonyl (C=O) groups excluding carboxylic acids is 1. The molecule has 1 fully saturated rings. The minimum atomic E-state index is -0.738. The highest BCUT2D eigenvalue weighted by atomic mass is 19.1. The van der Waals surface area contributed by atoms with Crippen LogP contribution in [0.2, 0.25) is 0 Å². The molecule has 5 heteroatoms. The predicted molar refractivity (Wildman–Crippen MR) is 114 cm³/mol. The van der Waals surface area contributed by atoms with Crippen molar-refractivity contribution in [3.05, 3.63) is 53.1 Å². The third-order valence-electron chi connectivity index (χ3n) is 4.94. The van der Waals surface area contributed by atoms with Gasteiger partial charge in [-0.2, -0.15) is 0 Å². The largest absolute Gasteiger partial charge is 0.449 e. The molecule has 2 aromatic rings. The fourth-order valence-electron chi connectivity index (χ4n) is 3.57. The summed E-state index contributed by atoms with van der Waals surface area (Å²) in [7, 11) is 0. The maximum absolute atomic E-state index is 13.5. The summed E-state index contributed by atoms with van der Waals surface area (Å²) in [5, 5.41) is 9.85. The number of cyclic esters (lactones) is 1. The Balaban J connectivity index is 2.12. The Morgan fingerprint density at radius 2 is 1.93 bits per heavy atom. The molecule has 0 unspecified atom stereocenters. The molecule has 1 saturated heterocycles. The number of hydrogen-bond donors (Lipinski definition) is 1. The summed E-state index contributed by atoms with van der Waals surface area (Å²) in [6, 6.07) is 8.37. The number of ether oxygens (including phenoxy) is 1. The van der Waals surface area contributed by atoms with E-state index in [0.717, 1.165) is 34.5 Å². The predicted octanol–water partition coefficient (Wildman–Crippen LogP) is 4.63. The number of aliphatic hydroxyl groups excluding tert-OH is 1. The Morgan fingerprint density at radius 3 is 2.53 bits per heavy atom. The van der Waals surface area contributed by atoms with Gasteiger partial charge in [-0.05, 0) is 42.0 Å². The molecule has 0 saturated carbocycles. The van der Waals surface area contributed by atoms with Crippen LogP contribution in [0.3, 0.4) is 0 Å².